The van der Waals surface area contributed by atoms with Gasteiger partial charge in [0.2, 0.25) is 0 Å². The van der Waals surface area contributed by atoms with Gasteiger partial charge in [-0.25, -0.2) is 0 Å². The molecule has 0 aliphatic heterocycles. The second-order valence-electron chi connectivity index (χ2n) is 2.28. The molecule has 1 aromatic carbocycles. The summed E-state index contributed by atoms with van der Waals surface area (Å²) in [6.45, 7) is 2.07. The Morgan fingerprint density at radius 2 is 2.27 bits per heavy atom. The van der Waals surface area contributed by atoms with E-state index in [2.05, 4.69) is 28.9 Å². The van der Waals surface area contributed by atoms with Gasteiger partial charge >= 0.3 is 0 Å². The Morgan fingerprint density at radius 1 is 1.55 bits per heavy atom. The van der Waals surface area contributed by atoms with Gasteiger partial charge in [0, 0.05) is 4.47 Å². The van der Waals surface area contributed by atoms with Crippen LogP contribution in [0, 0.1) is 11.3 Å². The quantitative estimate of drug-likeness (QED) is 0.699. The van der Waals surface area contributed by atoms with Crippen LogP contribution in [0.2, 0.25) is 0 Å². The molecular weight excluding hydrogens is 202 g/mol. The fourth-order valence-corrected chi connectivity index (χ4v) is 1.21. The summed E-state index contributed by atoms with van der Waals surface area (Å²) in [6, 6.07) is 7.96. The van der Waals surface area contributed by atoms with Gasteiger partial charge in [0.1, 0.15) is 6.07 Å². The Labute approximate surface area is 74.8 Å². The second-order valence-corrected chi connectivity index (χ2v) is 3.13. The zero-order valence-corrected chi connectivity index (χ0v) is 7.85. The highest BCUT2D eigenvalue weighted by Crippen LogP contribution is 2.17. The van der Waals surface area contributed by atoms with E-state index < -0.39 is 0 Å². The molecule has 1 nitrogen and oxygen atoms in total. The minimum Gasteiger partial charge on any atom is -0.192 e. The van der Waals surface area contributed by atoms with E-state index in [1.165, 1.54) is 5.56 Å². The smallest absolute Gasteiger partial charge is 0.100 e. The maximum atomic E-state index is 8.66. The summed E-state index contributed by atoms with van der Waals surface area (Å²) in [6.07, 6.45) is 0.974. The summed E-state index contributed by atoms with van der Waals surface area (Å²) < 4.78 is 0.872. The second kappa shape index (κ2) is 3.54. The molecule has 0 saturated heterocycles. The van der Waals surface area contributed by atoms with Gasteiger partial charge in [-0.1, -0.05) is 13.0 Å². The van der Waals surface area contributed by atoms with Crippen LogP contribution in [-0.4, -0.2) is 0 Å². The van der Waals surface area contributed by atoms with Crippen LogP contribution in [0.3, 0.4) is 0 Å². The number of aryl methyl sites for hydroxylation is 1. The molecule has 0 atom stereocenters. The summed E-state index contributed by atoms with van der Waals surface area (Å²) >= 11 is 3.30. The van der Waals surface area contributed by atoms with Crippen molar-refractivity contribution < 1.29 is 0 Å². The lowest BCUT2D eigenvalue weighted by Gasteiger charge is -1.97. The average molecular weight is 210 g/mol. The van der Waals surface area contributed by atoms with Crippen molar-refractivity contribution in [3.8, 4) is 6.07 Å². The molecule has 0 bridgehead atoms. The van der Waals surface area contributed by atoms with E-state index in [0.29, 0.717) is 5.56 Å². The fraction of sp³-hybridized carbons (Fsp3) is 0.222. The standard InChI is InChI=1S/C9H8BrN/c1-2-7-3-4-9(10)8(5-7)6-11/h3-5H,2H2,1H3. The summed E-state index contributed by atoms with van der Waals surface area (Å²) in [7, 11) is 0. The van der Waals surface area contributed by atoms with E-state index >= 15 is 0 Å². The van der Waals surface area contributed by atoms with Crippen LogP contribution in [0.1, 0.15) is 18.1 Å². The minimum atomic E-state index is 0.712. The maximum absolute atomic E-state index is 8.66. The third kappa shape index (κ3) is 1.81. The summed E-state index contributed by atoms with van der Waals surface area (Å²) in [5.41, 5.74) is 1.91. The Balaban J connectivity index is 3.15. The van der Waals surface area contributed by atoms with Crippen molar-refractivity contribution in [2.45, 2.75) is 13.3 Å². The first-order chi connectivity index (χ1) is 5.27. The molecule has 1 rings (SSSR count). The SMILES string of the molecule is CCc1ccc(Br)c(C#N)c1. The van der Waals surface area contributed by atoms with E-state index in [1.54, 1.807) is 0 Å². The van der Waals surface area contributed by atoms with Gasteiger partial charge in [0.15, 0.2) is 0 Å². The molecule has 11 heavy (non-hydrogen) atoms. The number of nitriles is 1. The average Bonchev–Trinajstić information content (AvgIpc) is 2.05. The monoisotopic (exact) mass is 209 g/mol. The predicted molar refractivity (Wildman–Crippen MR) is 48.2 cm³/mol. The van der Waals surface area contributed by atoms with Crippen molar-refractivity contribution in [1.29, 1.82) is 5.26 Å². The summed E-state index contributed by atoms with van der Waals surface area (Å²) in [4.78, 5) is 0. The highest BCUT2D eigenvalue weighted by atomic mass is 79.9. The lowest BCUT2D eigenvalue weighted by Crippen LogP contribution is -1.82. The number of nitrogens with zero attached hydrogens (tertiary/aromatic N) is 1. The van der Waals surface area contributed by atoms with Gasteiger partial charge < -0.3 is 0 Å². The highest BCUT2D eigenvalue weighted by Gasteiger charge is 1.97. The van der Waals surface area contributed by atoms with E-state index in [-0.39, 0.29) is 0 Å². The van der Waals surface area contributed by atoms with E-state index in [0.717, 1.165) is 10.9 Å². The van der Waals surface area contributed by atoms with Crippen LogP contribution in [0.4, 0.5) is 0 Å². The van der Waals surface area contributed by atoms with Gasteiger partial charge in [-0.2, -0.15) is 5.26 Å². The minimum absolute atomic E-state index is 0.712. The van der Waals surface area contributed by atoms with Gasteiger partial charge in [-0.15, -0.1) is 0 Å². The number of benzene rings is 1. The van der Waals surface area contributed by atoms with Gasteiger partial charge in [-0.05, 0) is 40.0 Å². The van der Waals surface area contributed by atoms with Gasteiger partial charge in [0.25, 0.3) is 0 Å². The maximum Gasteiger partial charge on any atom is 0.100 e. The van der Waals surface area contributed by atoms with Crippen LogP contribution in [-0.2, 0) is 6.42 Å². The molecule has 0 aromatic heterocycles. The normalized spacial score (nSPS) is 9.18. The fourth-order valence-electron chi connectivity index (χ4n) is 0.878. The summed E-state index contributed by atoms with van der Waals surface area (Å²) in [5.74, 6) is 0. The predicted octanol–water partition coefficient (Wildman–Crippen LogP) is 2.88. The van der Waals surface area contributed by atoms with E-state index in [9.17, 15) is 0 Å². The first-order valence-corrected chi connectivity index (χ1v) is 4.25. The van der Waals surface area contributed by atoms with Crippen LogP contribution >= 0.6 is 15.9 Å². The Morgan fingerprint density at radius 3 is 2.82 bits per heavy atom. The van der Waals surface area contributed by atoms with Gasteiger partial charge in [0.05, 0.1) is 5.56 Å². The highest BCUT2D eigenvalue weighted by molar-refractivity contribution is 9.10. The third-order valence-electron chi connectivity index (χ3n) is 1.56. The first-order valence-electron chi connectivity index (χ1n) is 3.46. The van der Waals surface area contributed by atoms with Gasteiger partial charge in [-0.3, -0.25) is 0 Å². The molecule has 0 saturated carbocycles. The summed E-state index contributed by atoms with van der Waals surface area (Å²) in [5, 5.41) is 8.66. The lowest BCUT2D eigenvalue weighted by atomic mass is 10.1. The molecule has 0 aliphatic rings. The Kier molecular flexibility index (Phi) is 2.67. The molecule has 0 fully saturated rings. The van der Waals surface area contributed by atoms with Crippen molar-refractivity contribution in [2.75, 3.05) is 0 Å². The van der Waals surface area contributed by atoms with Crippen molar-refractivity contribution >= 4 is 15.9 Å². The topological polar surface area (TPSA) is 23.8 Å². The van der Waals surface area contributed by atoms with Crippen LogP contribution in [0.5, 0.6) is 0 Å². The Hall–Kier alpha value is -0.810. The largest absolute Gasteiger partial charge is 0.192 e. The molecule has 0 N–H and O–H groups in total. The van der Waals surface area contributed by atoms with Crippen molar-refractivity contribution in [2.24, 2.45) is 0 Å². The molecule has 1 aromatic rings. The van der Waals surface area contributed by atoms with Crippen molar-refractivity contribution in [1.82, 2.24) is 0 Å². The number of hydrogen-bond acceptors (Lipinski definition) is 1. The molecule has 0 unspecified atom stereocenters. The molecule has 0 radical (unpaired) electrons. The zero-order valence-electron chi connectivity index (χ0n) is 6.26. The van der Waals surface area contributed by atoms with Crippen molar-refractivity contribution in [3.63, 3.8) is 0 Å². The number of hydrogen-bond donors (Lipinski definition) is 0. The van der Waals surface area contributed by atoms with E-state index in [1.807, 2.05) is 18.2 Å². The number of halogens is 1. The molecule has 2 heteroatoms. The molecule has 0 heterocycles. The lowest BCUT2D eigenvalue weighted by molar-refractivity contribution is 1.13. The zero-order chi connectivity index (χ0) is 8.27. The molecule has 0 amide bonds. The third-order valence-corrected chi connectivity index (χ3v) is 2.25. The van der Waals surface area contributed by atoms with Crippen LogP contribution < -0.4 is 0 Å². The number of rotatable bonds is 1. The van der Waals surface area contributed by atoms with Crippen molar-refractivity contribution in [3.05, 3.63) is 33.8 Å². The molecule has 0 spiro atoms. The van der Waals surface area contributed by atoms with Crippen LogP contribution in [0.25, 0.3) is 0 Å². The first kappa shape index (κ1) is 8.29. The molecule has 0 aliphatic carbocycles. The van der Waals surface area contributed by atoms with Crippen LogP contribution in [0.15, 0.2) is 22.7 Å². The molecule has 56 valence electrons. The Bertz CT molecular complexity index is 299. The van der Waals surface area contributed by atoms with E-state index in [4.69, 9.17) is 5.26 Å². The molecular formula is C9H8BrN.